The quantitative estimate of drug-likeness (QED) is 0.885. The number of hydrogen-bond donors (Lipinski definition) is 1. The van der Waals surface area contributed by atoms with Crippen LogP contribution in [-0.2, 0) is 0 Å². The maximum Gasteiger partial charge on any atom is 0.126 e. The molecule has 1 aromatic rings. The molecule has 2 nitrogen and oxygen atoms in total. The fourth-order valence-corrected chi connectivity index (χ4v) is 3.10. The van der Waals surface area contributed by atoms with Crippen LogP contribution in [0.25, 0.3) is 0 Å². The van der Waals surface area contributed by atoms with Crippen molar-refractivity contribution in [2.45, 2.75) is 45.6 Å². The van der Waals surface area contributed by atoms with Crippen molar-refractivity contribution in [1.82, 2.24) is 4.90 Å². The number of benzene rings is 1. The summed E-state index contributed by atoms with van der Waals surface area (Å²) in [7, 11) is 0. The average molecular weight is 265 g/mol. The molecule has 0 aromatic heterocycles. The summed E-state index contributed by atoms with van der Waals surface area (Å²) in [5.41, 5.74) is 0.829. The number of rotatable bonds is 4. The molecule has 1 atom stereocenters. The molecule has 0 aliphatic carbocycles. The number of hydrogen-bond acceptors (Lipinski definition) is 2. The molecule has 1 saturated heterocycles. The minimum Gasteiger partial charge on any atom is -0.508 e. The van der Waals surface area contributed by atoms with Crippen molar-refractivity contribution in [2.75, 3.05) is 13.1 Å². The molecular formula is C16H24FNO. The van der Waals surface area contributed by atoms with E-state index in [-0.39, 0.29) is 17.6 Å². The van der Waals surface area contributed by atoms with Crippen molar-refractivity contribution >= 4 is 0 Å². The Bertz CT molecular complexity index is 413. The highest BCUT2D eigenvalue weighted by molar-refractivity contribution is 5.35. The minimum atomic E-state index is -0.380. The van der Waals surface area contributed by atoms with Gasteiger partial charge in [0.2, 0.25) is 0 Å². The van der Waals surface area contributed by atoms with Crippen molar-refractivity contribution in [3.8, 4) is 5.75 Å². The highest BCUT2D eigenvalue weighted by atomic mass is 19.1. The number of nitrogens with zero attached hydrogens (tertiary/aromatic N) is 1. The lowest BCUT2D eigenvalue weighted by Gasteiger charge is -2.36. The van der Waals surface area contributed by atoms with Crippen molar-refractivity contribution in [3.05, 3.63) is 29.6 Å². The Morgan fingerprint density at radius 2 is 2.05 bits per heavy atom. The highest BCUT2D eigenvalue weighted by Gasteiger charge is 2.24. The molecule has 3 heteroatoms. The summed E-state index contributed by atoms with van der Waals surface area (Å²) in [5.74, 6) is 0.550. The zero-order chi connectivity index (χ0) is 13.8. The van der Waals surface area contributed by atoms with Gasteiger partial charge in [0.15, 0.2) is 0 Å². The van der Waals surface area contributed by atoms with Crippen LogP contribution in [0.4, 0.5) is 4.39 Å². The molecule has 0 spiro atoms. The Labute approximate surface area is 115 Å². The van der Waals surface area contributed by atoms with E-state index in [1.165, 1.54) is 37.8 Å². The Morgan fingerprint density at radius 3 is 2.63 bits per heavy atom. The predicted molar refractivity (Wildman–Crippen MR) is 75.7 cm³/mol. The Morgan fingerprint density at radius 1 is 1.37 bits per heavy atom. The molecule has 0 bridgehead atoms. The standard InChI is InChI=1S/C16H24FNO/c1-3-4-13-7-9-18(10-8-13)12(2)15-6-5-14(17)11-16(15)19/h5-6,11-13,19H,3-4,7-10H2,1-2H3. The first-order valence-electron chi connectivity index (χ1n) is 7.34. The van der Waals surface area contributed by atoms with Gasteiger partial charge in [-0.15, -0.1) is 0 Å². The van der Waals surface area contributed by atoms with Crippen molar-refractivity contribution < 1.29 is 9.50 Å². The Balaban J connectivity index is 1.99. The molecule has 106 valence electrons. The van der Waals surface area contributed by atoms with Gasteiger partial charge < -0.3 is 5.11 Å². The average Bonchev–Trinajstić information content (AvgIpc) is 2.39. The predicted octanol–water partition coefficient (Wildman–Crippen LogP) is 4.10. The lowest BCUT2D eigenvalue weighted by molar-refractivity contribution is 0.135. The van der Waals surface area contributed by atoms with Crippen molar-refractivity contribution in [1.29, 1.82) is 0 Å². The molecule has 1 heterocycles. The number of likely N-dealkylation sites (tertiary alicyclic amines) is 1. The topological polar surface area (TPSA) is 23.5 Å². The molecule has 0 radical (unpaired) electrons. The summed E-state index contributed by atoms with van der Waals surface area (Å²) >= 11 is 0. The van der Waals surface area contributed by atoms with Crippen molar-refractivity contribution in [2.24, 2.45) is 5.92 Å². The molecule has 1 fully saturated rings. The minimum absolute atomic E-state index is 0.0724. The zero-order valence-corrected chi connectivity index (χ0v) is 11.9. The van der Waals surface area contributed by atoms with Gasteiger partial charge in [-0.25, -0.2) is 4.39 Å². The molecule has 2 rings (SSSR count). The van der Waals surface area contributed by atoms with Crippen molar-refractivity contribution in [3.63, 3.8) is 0 Å². The van der Waals surface area contributed by atoms with Crippen LogP contribution in [0, 0.1) is 11.7 Å². The van der Waals surface area contributed by atoms with Crippen LogP contribution in [0.2, 0.25) is 0 Å². The summed E-state index contributed by atoms with van der Waals surface area (Å²) < 4.78 is 13.0. The zero-order valence-electron chi connectivity index (χ0n) is 11.9. The van der Waals surface area contributed by atoms with E-state index in [1.807, 2.05) is 0 Å². The lowest BCUT2D eigenvalue weighted by Crippen LogP contribution is -2.35. The second kappa shape index (κ2) is 6.38. The first kappa shape index (κ1) is 14.3. The number of phenols is 1. The van der Waals surface area contributed by atoms with Gasteiger partial charge in [-0.05, 0) is 44.8 Å². The fraction of sp³-hybridized carbons (Fsp3) is 0.625. The number of halogens is 1. The van der Waals surface area contributed by atoms with Crippen LogP contribution in [0.5, 0.6) is 5.75 Å². The van der Waals surface area contributed by atoms with Crippen LogP contribution in [0.15, 0.2) is 18.2 Å². The van der Waals surface area contributed by atoms with Crippen LogP contribution < -0.4 is 0 Å². The Kier molecular flexibility index (Phi) is 4.81. The third-order valence-electron chi connectivity index (χ3n) is 4.34. The summed E-state index contributed by atoms with van der Waals surface area (Å²) in [6, 6.07) is 4.49. The molecule has 1 unspecified atom stereocenters. The van der Waals surface area contributed by atoms with E-state index >= 15 is 0 Å². The molecule has 1 N–H and O–H groups in total. The molecule has 1 aromatic carbocycles. The lowest BCUT2D eigenvalue weighted by atomic mass is 9.91. The SMILES string of the molecule is CCCC1CCN(C(C)c2ccc(F)cc2O)CC1. The molecular weight excluding hydrogens is 241 g/mol. The van der Waals surface area contributed by atoms with E-state index in [0.29, 0.717) is 0 Å². The first-order chi connectivity index (χ1) is 9.11. The molecule has 0 amide bonds. The summed E-state index contributed by atoms with van der Waals surface area (Å²) in [4.78, 5) is 2.39. The van der Waals surface area contributed by atoms with Gasteiger partial charge in [-0.1, -0.05) is 25.8 Å². The van der Waals surface area contributed by atoms with E-state index in [0.717, 1.165) is 24.6 Å². The van der Waals surface area contributed by atoms with Gasteiger partial charge in [-0.3, -0.25) is 4.90 Å². The van der Waals surface area contributed by atoms with E-state index in [9.17, 15) is 9.50 Å². The maximum atomic E-state index is 13.0. The summed E-state index contributed by atoms with van der Waals surface area (Å²) in [6.45, 7) is 6.48. The third-order valence-corrected chi connectivity index (χ3v) is 4.34. The van der Waals surface area contributed by atoms with E-state index in [1.54, 1.807) is 6.07 Å². The normalized spacial score (nSPS) is 19.5. The molecule has 1 aliphatic heterocycles. The van der Waals surface area contributed by atoms with Crippen LogP contribution in [0.3, 0.4) is 0 Å². The summed E-state index contributed by atoms with van der Waals surface area (Å²) in [6.07, 6.45) is 5.06. The van der Waals surface area contributed by atoms with Gasteiger partial charge in [0.1, 0.15) is 11.6 Å². The second-order valence-electron chi connectivity index (χ2n) is 5.65. The number of aromatic hydroxyl groups is 1. The number of phenolic OH excluding ortho intramolecular Hbond substituents is 1. The largest absolute Gasteiger partial charge is 0.508 e. The van der Waals surface area contributed by atoms with E-state index in [2.05, 4.69) is 18.7 Å². The molecule has 19 heavy (non-hydrogen) atoms. The van der Waals surface area contributed by atoms with Crippen LogP contribution in [0.1, 0.15) is 51.1 Å². The fourth-order valence-electron chi connectivity index (χ4n) is 3.10. The first-order valence-corrected chi connectivity index (χ1v) is 7.34. The molecule has 1 aliphatic rings. The highest BCUT2D eigenvalue weighted by Crippen LogP contribution is 2.32. The van der Waals surface area contributed by atoms with Gasteiger partial charge >= 0.3 is 0 Å². The van der Waals surface area contributed by atoms with Gasteiger partial charge in [-0.2, -0.15) is 0 Å². The smallest absolute Gasteiger partial charge is 0.126 e. The second-order valence-corrected chi connectivity index (χ2v) is 5.65. The van der Waals surface area contributed by atoms with Crippen LogP contribution in [-0.4, -0.2) is 23.1 Å². The van der Waals surface area contributed by atoms with Crippen LogP contribution >= 0.6 is 0 Å². The van der Waals surface area contributed by atoms with Gasteiger partial charge in [0.25, 0.3) is 0 Å². The third kappa shape index (κ3) is 3.47. The van der Waals surface area contributed by atoms with Gasteiger partial charge in [0.05, 0.1) is 0 Å². The maximum absolute atomic E-state index is 13.0. The van der Waals surface area contributed by atoms with E-state index in [4.69, 9.17) is 0 Å². The van der Waals surface area contributed by atoms with Gasteiger partial charge in [0, 0.05) is 17.7 Å². The monoisotopic (exact) mass is 265 g/mol. The summed E-state index contributed by atoms with van der Waals surface area (Å²) in [5, 5.41) is 9.86. The molecule has 0 saturated carbocycles. The van der Waals surface area contributed by atoms with E-state index < -0.39 is 0 Å². The number of piperidine rings is 1. The Hall–Kier alpha value is -1.09.